The molecule has 0 fully saturated rings. The number of aromatic nitrogens is 1. The third-order valence-electron chi connectivity index (χ3n) is 2.47. The first-order valence-corrected chi connectivity index (χ1v) is 6.03. The third-order valence-corrected chi connectivity index (χ3v) is 3.09. The number of rotatable bonds is 4. The summed E-state index contributed by atoms with van der Waals surface area (Å²) in [5, 5.41) is 3.68. The lowest BCUT2D eigenvalue weighted by atomic mass is 10.1. The van der Waals surface area contributed by atoms with Crippen LogP contribution in [0.5, 0.6) is 5.75 Å². The van der Waals surface area contributed by atoms with Gasteiger partial charge in [0.05, 0.1) is 18.2 Å². The van der Waals surface area contributed by atoms with E-state index < -0.39 is 0 Å². The Bertz CT molecular complexity index is 554. The Labute approximate surface area is 113 Å². The molecule has 0 aliphatic rings. The summed E-state index contributed by atoms with van der Waals surface area (Å²) in [5.74, 6) is 1.68. The molecule has 96 valence electrons. The van der Waals surface area contributed by atoms with Crippen molar-refractivity contribution in [2.45, 2.75) is 6.61 Å². The molecule has 5 nitrogen and oxygen atoms in total. The van der Waals surface area contributed by atoms with Gasteiger partial charge in [0.15, 0.2) is 11.6 Å². The highest BCUT2D eigenvalue weighted by Gasteiger charge is 2.14. The van der Waals surface area contributed by atoms with Gasteiger partial charge in [-0.2, -0.15) is 0 Å². The van der Waals surface area contributed by atoms with Crippen LogP contribution in [0.25, 0.3) is 11.3 Å². The molecule has 0 aliphatic heterocycles. The highest BCUT2D eigenvalue weighted by molar-refractivity contribution is 9.10. The molecule has 0 saturated heterocycles. The molecule has 2 aromatic rings. The van der Waals surface area contributed by atoms with Crippen molar-refractivity contribution in [2.24, 2.45) is 0 Å². The molecule has 0 atom stereocenters. The second-order valence-electron chi connectivity index (χ2n) is 3.69. The van der Waals surface area contributed by atoms with Gasteiger partial charge in [-0.25, -0.2) is 0 Å². The number of ether oxygens (including phenoxy) is 2. The monoisotopic (exact) mass is 312 g/mol. The van der Waals surface area contributed by atoms with Gasteiger partial charge in [-0.1, -0.05) is 5.16 Å². The van der Waals surface area contributed by atoms with E-state index in [1.807, 2.05) is 12.1 Å². The number of nitrogens with zero attached hydrogens (tertiary/aromatic N) is 1. The SMILES string of the molecule is COCc1cc(OC)c(Br)cc1-c1cc(N)no1. The number of benzene rings is 1. The zero-order chi connectivity index (χ0) is 13.1. The average Bonchev–Trinajstić information content (AvgIpc) is 2.78. The van der Waals surface area contributed by atoms with E-state index in [9.17, 15) is 0 Å². The standard InChI is InChI=1S/C12H13BrN2O3/c1-16-6-7-3-11(17-2)9(13)4-8(7)10-5-12(14)15-18-10/h3-5H,6H2,1-2H3,(H2,14,15). The van der Waals surface area contributed by atoms with E-state index in [1.165, 1.54) is 0 Å². The second-order valence-corrected chi connectivity index (χ2v) is 4.55. The number of methoxy groups -OCH3 is 2. The van der Waals surface area contributed by atoms with Crippen molar-refractivity contribution in [1.29, 1.82) is 0 Å². The fourth-order valence-electron chi connectivity index (χ4n) is 1.67. The molecule has 0 aliphatic carbocycles. The number of halogens is 1. The molecule has 18 heavy (non-hydrogen) atoms. The summed E-state index contributed by atoms with van der Waals surface area (Å²) < 4.78 is 16.4. The van der Waals surface area contributed by atoms with Crippen LogP contribution in [-0.4, -0.2) is 19.4 Å². The van der Waals surface area contributed by atoms with Gasteiger partial charge >= 0.3 is 0 Å². The lowest BCUT2D eigenvalue weighted by molar-refractivity contribution is 0.185. The Morgan fingerprint density at radius 2 is 2.11 bits per heavy atom. The van der Waals surface area contributed by atoms with E-state index in [0.29, 0.717) is 18.2 Å². The van der Waals surface area contributed by atoms with Crippen LogP contribution in [0.3, 0.4) is 0 Å². The molecule has 1 aromatic carbocycles. The van der Waals surface area contributed by atoms with Gasteiger partial charge in [0.2, 0.25) is 0 Å². The summed E-state index contributed by atoms with van der Waals surface area (Å²) in [6, 6.07) is 5.46. The summed E-state index contributed by atoms with van der Waals surface area (Å²) in [6.07, 6.45) is 0. The van der Waals surface area contributed by atoms with Crippen LogP contribution in [0.1, 0.15) is 5.56 Å². The molecule has 0 amide bonds. The Morgan fingerprint density at radius 1 is 1.33 bits per heavy atom. The van der Waals surface area contributed by atoms with Crippen LogP contribution in [0.15, 0.2) is 27.2 Å². The Kier molecular flexibility index (Phi) is 3.88. The zero-order valence-corrected chi connectivity index (χ0v) is 11.7. The third kappa shape index (κ3) is 2.49. The van der Waals surface area contributed by atoms with Crippen molar-refractivity contribution < 1.29 is 14.0 Å². The summed E-state index contributed by atoms with van der Waals surface area (Å²) in [5.41, 5.74) is 7.37. The predicted molar refractivity (Wildman–Crippen MR) is 71.3 cm³/mol. The average molecular weight is 313 g/mol. The Hall–Kier alpha value is -1.53. The zero-order valence-electron chi connectivity index (χ0n) is 10.1. The van der Waals surface area contributed by atoms with Crippen LogP contribution < -0.4 is 10.5 Å². The number of nitrogens with two attached hydrogens (primary N) is 1. The smallest absolute Gasteiger partial charge is 0.169 e. The van der Waals surface area contributed by atoms with Crippen molar-refractivity contribution in [3.8, 4) is 17.1 Å². The van der Waals surface area contributed by atoms with E-state index in [0.717, 1.165) is 21.3 Å². The minimum Gasteiger partial charge on any atom is -0.496 e. The van der Waals surface area contributed by atoms with Crippen molar-refractivity contribution in [3.05, 3.63) is 28.2 Å². The van der Waals surface area contributed by atoms with Crippen molar-refractivity contribution in [2.75, 3.05) is 20.0 Å². The van der Waals surface area contributed by atoms with Gasteiger partial charge in [0.25, 0.3) is 0 Å². The number of nitrogen functional groups attached to an aromatic ring is 1. The molecule has 0 bridgehead atoms. The summed E-state index contributed by atoms with van der Waals surface area (Å²) in [6.45, 7) is 0.444. The molecule has 1 aromatic heterocycles. The van der Waals surface area contributed by atoms with Gasteiger partial charge in [-0.3, -0.25) is 0 Å². The molecule has 0 radical (unpaired) electrons. The van der Waals surface area contributed by atoms with E-state index >= 15 is 0 Å². The minimum absolute atomic E-state index is 0.348. The molecule has 0 unspecified atom stereocenters. The fraction of sp³-hybridized carbons (Fsp3) is 0.250. The van der Waals surface area contributed by atoms with E-state index in [2.05, 4.69) is 21.1 Å². The lowest BCUT2D eigenvalue weighted by Crippen LogP contribution is -1.95. The van der Waals surface area contributed by atoms with E-state index in [1.54, 1.807) is 20.3 Å². The fourth-order valence-corrected chi connectivity index (χ4v) is 2.18. The van der Waals surface area contributed by atoms with Crippen LogP contribution in [-0.2, 0) is 11.3 Å². The predicted octanol–water partition coefficient (Wildman–Crippen LogP) is 2.84. The minimum atomic E-state index is 0.348. The second kappa shape index (κ2) is 5.41. The molecular formula is C12H13BrN2O3. The van der Waals surface area contributed by atoms with Crippen LogP contribution >= 0.6 is 15.9 Å². The van der Waals surface area contributed by atoms with Crippen molar-refractivity contribution in [1.82, 2.24) is 5.16 Å². The molecule has 0 saturated carbocycles. The largest absolute Gasteiger partial charge is 0.496 e. The first kappa shape index (κ1) is 12.9. The maximum atomic E-state index is 5.56. The van der Waals surface area contributed by atoms with E-state index in [-0.39, 0.29) is 0 Å². The number of hydrogen-bond acceptors (Lipinski definition) is 5. The normalized spacial score (nSPS) is 10.6. The quantitative estimate of drug-likeness (QED) is 0.940. The molecule has 1 heterocycles. The summed E-state index contributed by atoms with van der Waals surface area (Å²) >= 11 is 3.44. The van der Waals surface area contributed by atoms with E-state index in [4.69, 9.17) is 19.7 Å². The first-order valence-electron chi connectivity index (χ1n) is 5.23. The highest BCUT2D eigenvalue weighted by Crippen LogP contribution is 2.35. The highest BCUT2D eigenvalue weighted by atomic mass is 79.9. The number of hydrogen-bond donors (Lipinski definition) is 1. The molecular weight excluding hydrogens is 300 g/mol. The maximum absolute atomic E-state index is 5.56. The summed E-state index contributed by atoms with van der Waals surface area (Å²) in [4.78, 5) is 0. The topological polar surface area (TPSA) is 70.5 Å². The molecule has 0 spiro atoms. The first-order chi connectivity index (χ1) is 8.65. The lowest BCUT2D eigenvalue weighted by Gasteiger charge is -2.10. The van der Waals surface area contributed by atoms with Crippen LogP contribution in [0.4, 0.5) is 5.82 Å². The van der Waals surface area contributed by atoms with Gasteiger partial charge in [0.1, 0.15) is 5.75 Å². The maximum Gasteiger partial charge on any atom is 0.169 e. The molecule has 6 heteroatoms. The van der Waals surface area contributed by atoms with Crippen molar-refractivity contribution >= 4 is 21.7 Å². The van der Waals surface area contributed by atoms with Gasteiger partial charge in [0, 0.05) is 18.7 Å². The Balaban J connectivity index is 2.54. The summed E-state index contributed by atoms with van der Waals surface area (Å²) in [7, 11) is 3.25. The van der Waals surface area contributed by atoms with Crippen LogP contribution in [0, 0.1) is 0 Å². The van der Waals surface area contributed by atoms with Gasteiger partial charge in [-0.05, 0) is 33.6 Å². The van der Waals surface area contributed by atoms with Crippen molar-refractivity contribution in [3.63, 3.8) is 0 Å². The van der Waals surface area contributed by atoms with Gasteiger partial charge < -0.3 is 19.7 Å². The Morgan fingerprint density at radius 3 is 2.67 bits per heavy atom. The molecule has 2 N–H and O–H groups in total. The van der Waals surface area contributed by atoms with Crippen LogP contribution in [0.2, 0.25) is 0 Å². The molecule has 2 rings (SSSR count). The number of anilines is 1. The van der Waals surface area contributed by atoms with Gasteiger partial charge in [-0.15, -0.1) is 0 Å².